The SMILES string of the molecule is O=C(Cc1ccc(Br)c(Cl)c1)c1cc(N2CCC(N3CCCC3)CC2)cc(C(F)(F)F)c1. The number of rotatable bonds is 5. The van der Waals surface area contributed by atoms with E-state index in [2.05, 4.69) is 20.8 Å². The van der Waals surface area contributed by atoms with Gasteiger partial charge in [0.05, 0.1) is 10.6 Å². The molecule has 0 radical (unpaired) electrons. The monoisotopic (exact) mass is 528 g/mol. The summed E-state index contributed by atoms with van der Waals surface area (Å²) in [7, 11) is 0. The Morgan fingerprint density at radius 2 is 1.72 bits per heavy atom. The average Bonchev–Trinajstić information content (AvgIpc) is 3.30. The number of carbonyl (C=O) groups is 1. The fourth-order valence-electron chi connectivity index (χ4n) is 4.65. The number of hydrogen-bond acceptors (Lipinski definition) is 3. The lowest BCUT2D eigenvalue weighted by atomic mass is 9.98. The third-order valence-corrected chi connectivity index (χ3v) is 7.63. The van der Waals surface area contributed by atoms with Crippen LogP contribution >= 0.6 is 27.5 Å². The molecule has 2 aliphatic heterocycles. The van der Waals surface area contributed by atoms with Crippen molar-refractivity contribution in [3.05, 3.63) is 62.6 Å². The molecule has 2 saturated heterocycles. The minimum absolute atomic E-state index is 0.00914. The number of hydrogen-bond donors (Lipinski definition) is 0. The Labute approximate surface area is 199 Å². The molecule has 0 unspecified atom stereocenters. The highest BCUT2D eigenvalue weighted by Crippen LogP contribution is 2.35. The zero-order chi connectivity index (χ0) is 22.9. The smallest absolute Gasteiger partial charge is 0.371 e. The number of anilines is 1. The molecule has 0 spiro atoms. The van der Waals surface area contributed by atoms with Crippen molar-refractivity contribution < 1.29 is 18.0 Å². The average molecular weight is 530 g/mol. The maximum absolute atomic E-state index is 13.6. The van der Waals surface area contributed by atoms with E-state index in [1.807, 2.05) is 4.90 Å². The Morgan fingerprint density at radius 3 is 2.34 bits per heavy atom. The van der Waals surface area contributed by atoms with Crippen molar-refractivity contribution in [2.45, 2.75) is 44.3 Å². The number of Topliss-reactive ketones (excluding diaryl/α,β-unsaturated/α-hetero) is 1. The predicted octanol–water partition coefficient (Wildman–Crippen LogP) is 6.61. The van der Waals surface area contributed by atoms with Gasteiger partial charge in [-0.1, -0.05) is 17.7 Å². The third kappa shape index (κ3) is 5.49. The maximum atomic E-state index is 13.6. The number of ketones is 1. The summed E-state index contributed by atoms with van der Waals surface area (Å²) in [5.74, 6) is -0.359. The number of halogens is 5. The Morgan fingerprint density at radius 1 is 1.03 bits per heavy atom. The molecule has 2 aromatic carbocycles. The van der Waals surface area contributed by atoms with Crippen molar-refractivity contribution >= 4 is 39.0 Å². The van der Waals surface area contributed by atoms with E-state index in [1.165, 1.54) is 18.9 Å². The number of nitrogens with zero attached hydrogens (tertiary/aromatic N) is 2. The van der Waals surface area contributed by atoms with E-state index in [9.17, 15) is 18.0 Å². The molecule has 0 amide bonds. The van der Waals surface area contributed by atoms with Gasteiger partial charge < -0.3 is 9.80 Å². The summed E-state index contributed by atoms with van der Waals surface area (Å²) in [5, 5.41) is 0.459. The first kappa shape index (κ1) is 23.6. The molecule has 4 rings (SSSR count). The second-order valence-corrected chi connectivity index (χ2v) is 9.84. The highest BCUT2D eigenvalue weighted by molar-refractivity contribution is 9.10. The minimum atomic E-state index is -4.51. The summed E-state index contributed by atoms with van der Waals surface area (Å²) in [4.78, 5) is 17.4. The van der Waals surface area contributed by atoms with E-state index in [0.717, 1.165) is 32.0 Å². The zero-order valence-corrected chi connectivity index (χ0v) is 19.9. The molecule has 0 bridgehead atoms. The summed E-state index contributed by atoms with van der Waals surface area (Å²) >= 11 is 9.40. The quantitative estimate of drug-likeness (QED) is 0.407. The van der Waals surface area contributed by atoms with E-state index >= 15 is 0 Å². The van der Waals surface area contributed by atoms with E-state index in [4.69, 9.17) is 11.6 Å². The van der Waals surface area contributed by atoms with E-state index in [-0.39, 0.29) is 17.8 Å². The molecular weight excluding hydrogens is 505 g/mol. The molecule has 8 heteroatoms. The molecule has 2 aliphatic rings. The van der Waals surface area contributed by atoms with Gasteiger partial charge in [0.1, 0.15) is 0 Å². The molecule has 0 aliphatic carbocycles. The molecule has 32 heavy (non-hydrogen) atoms. The lowest BCUT2D eigenvalue weighted by molar-refractivity contribution is -0.137. The first-order chi connectivity index (χ1) is 15.2. The first-order valence-electron chi connectivity index (χ1n) is 10.9. The normalized spacial score (nSPS) is 18.3. The highest BCUT2D eigenvalue weighted by atomic mass is 79.9. The number of piperidine rings is 1. The van der Waals surface area contributed by atoms with Crippen molar-refractivity contribution in [2.75, 3.05) is 31.1 Å². The first-order valence-corrected chi connectivity index (χ1v) is 12.1. The number of likely N-dealkylation sites (tertiary alicyclic amines) is 1. The largest absolute Gasteiger partial charge is 0.416 e. The molecule has 2 aromatic rings. The van der Waals surface area contributed by atoms with Crippen LogP contribution in [0.25, 0.3) is 0 Å². The Balaban J connectivity index is 1.54. The van der Waals surface area contributed by atoms with Crippen molar-refractivity contribution in [2.24, 2.45) is 0 Å². The fraction of sp³-hybridized carbons (Fsp3) is 0.458. The minimum Gasteiger partial charge on any atom is -0.371 e. The van der Waals surface area contributed by atoms with E-state index in [0.29, 0.717) is 39.9 Å². The number of benzene rings is 2. The standard InChI is InChI=1S/C24H25BrClF3N2O/c25-21-4-3-16(11-22(21)26)12-23(32)17-13-18(24(27,28)29)15-20(14-17)31-9-5-19(6-10-31)30-7-1-2-8-30/h3-4,11,13-15,19H,1-2,5-10,12H2. The van der Waals surface area contributed by atoms with Gasteiger partial charge in [-0.15, -0.1) is 0 Å². The summed E-state index contributed by atoms with van der Waals surface area (Å²) in [6.07, 6.45) is -0.218. The van der Waals surface area contributed by atoms with Crippen LogP contribution in [-0.4, -0.2) is 42.9 Å². The van der Waals surface area contributed by atoms with Crippen LogP contribution in [0.2, 0.25) is 5.02 Å². The van der Waals surface area contributed by atoms with Gasteiger partial charge in [0.25, 0.3) is 0 Å². The van der Waals surface area contributed by atoms with Gasteiger partial charge in [-0.25, -0.2) is 0 Å². The number of alkyl halides is 3. The fourth-order valence-corrected chi connectivity index (χ4v) is 5.10. The van der Waals surface area contributed by atoms with Gasteiger partial charge in [0.2, 0.25) is 0 Å². The van der Waals surface area contributed by atoms with Crippen molar-refractivity contribution in [1.82, 2.24) is 4.90 Å². The second kappa shape index (κ2) is 9.74. The summed E-state index contributed by atoms with van der Waals surface area (Å²) in [5.41, 5.74) is 0.426. The van der Waals surface area contributed by atoms with Crippen LogP contribution in [0.15, 0.2) is 40.9 Å². The van der Waals surface area contributed by atoms with Gasteiger partial charge in [-0.05, 0) is 90.6 Å². The van der Waals surface area contributed by atoms with Crippen LogP contribution in [0.5, 0.6) is 0 Å². The number of carbonyl (C=O) groups excluding carboxylic acids is 1. The lowest BCUT2D eigenvalue weighted by Gasteiger charge is -2.38. The molecule has 2 heterocycles. The van der Waals surface area contributed by atoms with Crippen LogP contribution in [-0.2, 0) is 12.6 Å². The van der Waals surface area contributed by atoms with Crippen LogP contribution in [0, 0.1) is 0 Å². The van der Waals surface area contributed by atoms with Crippen molar-refractivity contribution in [3.63, 3.8) is 0 Å². The summed E-state index contributed by atoms with van der Waals surface area (Å²) in [6, 6.07) is 9.36. The Hall–Kier alpha value is -1.57. The predicted molar refractivity (Wildman–Crippen MR) is 125 cm³/mol. The van der Waals surface area contributed by atoms with Gasteiger partial charge in [-0.3, -0.25) is 4.79 Å². The molecule has 0 N–H and O–H groups in total. The van der Waals surface area contributed by atoms with Crippen LogP contribution in [0.4, 0.5) is 18.9 Å². The molecule has 0 aromatic heterocycles. The van der Waals surface area contributed by atoms with E-state index < -0.39 is 11.7 Å². The molecule has 0 saturated carbocycles. The van der Waals surface area contributed by atoms with Gasteiger partial charge in [-0.2, -0.15) is 13.2 Å². The van der Waals surface area contributed by atoms with Crippen molar-refractivity contribution in [3.8, 4) is 0 Å². The van der Waals surface area contributed by atoms with E-state index in [1.54, 1.807) is 24.3 Å². The molecule has 2 fully saturated rings. The topological polar surface area (TPSA) is 23.6 Å². The second-order valence-electron chi connectivity index (χ2n) is 8.58. The molecule has 0 atom stereocenters. The maximum Gasteiger partial charge on any atom is 0.416 e. The van der Waals surface area contributed by atoms with Gasteiger partial charge >= 0.3 is 6.18 Å². The van der Waals surface area contributed by atoms with Crippen molar-refractivity contribution in [1.29, 1.82) is 0 Å². The van der Waals surface area contributed by atoms with Crippen LogP contribution in [0.1, 0.15) is 47.2 Å². The Bertz CT molecular complexity index is 984. The van der Waals surface area contributed by atoms with Crippen LogP contribution < -0.4 is 4.90 Å². The molecule has 3 nitrogen and oxygen atoms in total. The molecule has 172 valence electrons. The van der Waals surface area contributed by atoms with Crippen LogP contribution in [0.3, 0.4) is 0 Å². The van der Waals surface area contributed by atoms with Gasteiger partial charge in [0.15, 0.2) is 5.78 Å². The Kier molecular flexibility index (Phi) is 7.18. The zero-order valence-electron chi connectivity index (χ0n) is 17.6. The third-order valence-electron chi connectivity index (χ3n) is 6.40. The highest BCUT2D eigenvalue weighted by Gasteiger charge is 2.33. The summed E-state index contributed by atoms with van der Waals surface area (Å²) < 4.78 is 41.5. The summed E-state index contributed by atoms with van der Waals surface area (Å²) in [6.45, 7) is 3.62. The molecular formula is C24H25BrClF3N2O. The van der Waals surface area contributed by atoms with Gasteiger partial charge in [0, 0.05) is 41.3 Å². The lowest BCUT2D eigenvalue weighted by Crippen LogP contribution is -2.44.